The number of nitrogens with zero attached hydrogens (tertiary/aromatic N) is 1. The van der Waals surface area contributed by atoms with Gasteiger partial charge in [0.15, 0.2) is 0 Å². The minimum atomic E-state index is -1.09. The Bertz CT molecular complexity index is 1110. The second-order valence-corrected chi connectivity index (χ2v) is 6.56. The van der Waals surface area contributed by atoms with Crippen molar-refractivity contribution >= 4 is 17.5 Å². The van der Waals surface area contributed by atoms with Crippen LogP contribution in [0, 0.1) is 10.1 Å². The monoisotopic (exact) mass is 386 g/mol. The number of hydrogen-bond donors (Lipinski definition) is 3. The van der Waals surface area contributed by atoms with Crippen molar-refractivity contribution in [3.05, 3.63) is 77.6 Å². The Kier molecular flexibility index (Phi) is 4.87. The van der Waals surface area contributed by atoms with E-state index < -0.39 is 34.2 Å². The molecule has 28 heavy (non-hydrogen) atoms. The van der Waals surface area contributed by atoms with Gasteiger partial charge < -0.3 is 10.1 Å². The Balaban J connectivity index is 2.34. The third-order valence-corrected chi connectivity index (χ3v) is 4.28. The summed E-state index contributed by atoms with van der Waals surface area (Å²) >= 11 is 0. The van der Waals surface area contributed by atoms with Gasteiger partial charge in [-0.1, -0.05) is 18.2 Å². The minimum Gasteiger partial charge on any atom is -0.460 e. The summed E-state index contributed by atoms with van der Waals surface area (Å²) in [5, 5.41) is 14.4. The first kappa shape index (κ1) is 19.1. The fraction of sp³-hybridized carbons (Fsp3) is 0.278. The van der Waals surface area contributed by atoms with Crippen LogP contribution in [0.4, 0.5) is 11.5 Å². The Morgan fingerprint density at radius 1 is 1.21 bits per heavy atom. The summed E-state index contributed by atoms with van der Waals surface area (Å²) in [6.45, 7) is 4.91. The van der Waals surface area contributed by atoms with Crippen LogP contribution in [0.15, 0.2) is 45.1 Å². The van der Waals surface area contributed by atoms with E-state index in [9.17, 15) is 24.5 Å². The molecule has 0 saturated heterocycles. The largest absolute Gasteiger partial charge is 0.460 e. The number of anilines is 1. The first-order valence-corrected chi connectivity index (χ1v) is 8.49. The van der Waals surface area contributed by atoms with Crippen molar-refractivity contribution in [1.82, 2.24) is 9.97 Å². The summed E-state index contributed by atoms with van der Waals surface area (Å²) in [4.78, 5) is 52.6. The molecule has 1 aliphatic heterocycles. The second-order valence-electron chi connectivity index (χ2n) is 6.56. The van der Waals surface area contributed by atoms with Crippen LogP contribution in [0.5, 0.6) is 0 Å². The van der Waals surface area contributed by atoms with Crippen molar-refractivity contribution < 1.29 is 14.5 Å². The molecule has 146 valence electrons. The van der Waals surface area contributed by atoms with Gasteiger partial charge in [0.2, 0.25) is 0 Å². The third kappa shape index (κ3) is 3.31. The number of nitro benzene ring substituents is 1. The van der Waals surface area contributed by atoms with Crippen LogP contribution in [-0.4, -0.2) is 27.0 Å². The Labute approximate surface area is 158 Å². The van der Waals surface area contributed by atoms with Gasteiger partial charge in [0, 0.05) is 17.3 Å². The molecular formula is C18H18N4O6. The molecule has 0 fully saturated rings. The maximum absolute atomic E-state index is 12.8. The van der Waals surface area contributed by atoms with Gasteiger partial charge in [-0.05, 0) is 20.8 Å². The van der Waals surface area contributed by atoms with Gasteiger partial charge in [0.05, 0.1) is 28.1 Å². The number of aromatic nitrogens is 2. The van der Waals surface area contributed by atoms with E-state index in [0.717, 1.165) is 0 Å². The molecule has 1 aromatic carbocycles. The van der Waals surface area contributed by atoms with E-state index >= 15 is 0 Å². The van der Waals surface area contributed by atoms with Crippen molar-refractivity contribution in [3.63, 3.8) is 0 Å². The van der Waals surface area contributed by atoms with Gasteiger partial charge in [0.1, 0.15) is 5.82 Å². The lowest BCUT2D eigenvalue weighted by molar-refractivity contribution is -0.385. The number of para-hydroxylation sites is 1. The summed E-state index contributed by atoms with van der Waals surface area (Å²) in [5.74, 6) is -1.72. The van der Waals surface area contributed by atoms with Crippen molar-refractivity contribution in [2.24, 2.45) is 0 Å². The SMILES string of the molecule is CC1=C(C(=O)OC(C)C)C(c2ccccc2[N+](=O)[O-])c2c([nH]c(=O)[nH]c2=O)N1. The van der Waals surface area contributed by atoms with Crippen molar-refractivity contribution in [2.45, 2.75) is 32.8 Å². The molecule has 0 aliphatic carbocycles. The Hall–Kier alpha value is -3.69. The quantitative estimate of drug-likeness (QED) is 0.412. The average Bonchev–Trinajstić information content (AvgIpc) is 2.59. The predicted molar refractivity (Wildman–Crippen MR) is 100 cm³/mol. The molecular weight excluding hydrogens is 368 g/mol. The van der Waals surface area contributed by atoms with Crippen molar-refractivity contribution in [2.75, 3.05) is 5.32 Å². The van der Waals surface area contributed by atoms with Gasteiger partial charge in [-0.2, -0.15) is 0 Å². The van der Waals surface area contributed by atoms with Crippen LogP contribution < -0.4 is 16.6 Å². The van der Waals surface area contributed by atoms with E-state index in [-0.39, 0.29) is 28.2 Å². The Morgan fingerprint density at radius 3 is 2.54 bits per heavy atom. The number of hydrogen-bond acceptors (Lipinski definition) is 7. The number of nitro groups is 1. The fourth-order valence-electron chi connectivity index (χ4n) is 3.24. The molecule has 1 atom stereocenters. The highest BCUT2D eigenvalue weighted by Crippen LogP contribution is 2.42. The maximum Gasteiger partial charge on any atom is 0.337 e. The third-order valence-electron chi connectivity index (χ3n) is 4.28. The predicted octanol–water partition coefficient (Wildman–Crippen LogP) is 1.75. The van der Waals surface area contributed by atoms with Crippen molar-refractivity contribution in [3.8, 4) is 0 Å². The van der Waals surface area contributed by atoms with Gasteiger partial charge in [-0.15, -0.1) is 0 Å². The number of fused-ring (bicyclic) bond motifs is 1. The Morgan fingerprint density at radius 2 is 1.89 bits per heavy atom. The molecule has 1 aromatic heterocycles. The van der Waals surface area contributed by atoms with Gasteiger partial charge >= 0.3 is 11.7 Å². The topological polar surface area (TPSA) is 147 Å². The number of allylic oxidation sites excluding steroid dienone is 1. The summed E-state index contributed by atoms with van der Waals surface area (Å²) in [6.07, 6.45) is -0.436. The van der Waals surface area contributed by atoms with Crippen LogP contribution in [0.1, 0.15) is 37.8 Å². The lowest BCUT2D eigenvalue weighted by atomic mass is 9.81. The first-order valence-electron chi connectivity index (χ1n) is 8.49. The molecule has 1 unspecified atom stereocenters. The van der Waals surface area contributed by atoms with E-state index in [4.69, 9.17) is 4.74 Å². The first-order chi connectivity index (χ1) is 13.2. The highest BCUT2D eigenvalue weighted by atomic mass is 16.6. The molecule has 2 aromatic rings. The van der Waals surface area contributed by atoms with E-state index in [1.54, 1.807) is 26.8 Å². The number of rotatable bonds is 4. The van der Waals surface area contributed by atoms with E-state index in [1.165, 1.54) is 18.2 Å². The second kappa shape index (κ2) is 7.14. The molecule has 0 saturated carbocycles. The van der Waals surface area contributed by atoms with Crippen LogP contribution in [-0.2, 0) is 9.53 Å². The van der Waals surface area contributed by atoms with Crippen molar-refractivity contribution in [1.29, 1.82) is 0 Å². The number of ether oxygens (including phenoxy) is 1. The number of carbonyl (C=O) groups is 1. The van der Waals surface area contributed by atoms with Gasteiger partial charge in [-0.25, -0.2) is 9.59 Å². The van der Waals surface area contributed by atoms with Gasteiger partial charge in [0.25, 0.3) is 11.2 Å². The number of nitrogens with one attached hydrogen (secondary N) is 3. The van der Waals surface area contributed by atoms with E-state index in [1.807, 2.05) is 0 Å². The highest BCUT2D eigenvalue weighted by Gasteiger charge is 2.39. The summed E-state index contributed by atoms with van der Waals surface area (Å²) in [5.41, 5.74) is -1.22. The molecule has 10 nitrogen and oxygen atoms in total. The lowest BCUT2D eigenvalue weighted by Gasteiger charge is -2.28. The number of carbonyl (C=O) groups excluding carboxylic acids is 1. The van der Waals surface area contributed by atoms with Crippen LogP contribution in [0.2, 0.25) is 0 Å². The number of benzene rings is 1. The molecule has 1 aliphatic rings. The zero-order valence-corrected chi connectivity index (χ0v) is 15.4. The molecule has 0 spiro atoms. The standard InChI is InChI=1S/C18H18N4O6/c1-8(2)28-17(24)12-9(3)19-15-14(16(23)21-18(25)20-15)13(12)10-6-4-5-7-11(10)22(26)27/h4-8,13H,1-3H3,(H3,19,20,21,23,25). The minimum absolute atomic E-state index is 0.00444. The van der Waals surface area contributed by atoms with Crippen LogP contribution in [0.25, 0.3) is 0 Å². The zero-order chi connectivity index (χ0) is 20.6. The van der Waals surface area contributed by atoms with E-state index in [0.29, 0.717) is 5.70 Å². The van der Waals surface area contributed by atoms with Gasteiger partial charge in [-0.3, -0.25) is 24.9 Å². The lowest BCUT2D eigenvalue weighted by Crippen LogP contribution is -2.35. The summed E-state index contributed by atoms with van der Waals surface area (Å²) < 4.78 is 5.30. The normalized spacial score (nSPS) is 15.8. The smallest absolute Gasteiger partial charge is 0.337 e. The number of aromatic amines is 2. The van der Waals surface area contributed by atoms with Crippen LogP contribution in [0.3, 0.4) is 0 Å². The summed E-state index contributed by atoms with van der Waals surface area (Å²) in [6, 6.07) is 5.82. The molecule has 0 bridgehead atoms. The summed E-state index contributed by atoms with van der Waals surface area (Å²) in [7, 11) is 0. The van der Waals surface area contributed by atoms with Crippen LogP contribution >= 0.6 is 0 Å². The zero-order valence-electron chi connectivity index (χ0n) is 15.4. The molecule has 3 N–H and O–H groups in total. The number of esters is 1. The molecule has 0 amide bonds. The fourth-order valence-corrected chi connectivity index (χ4v) is 3.24. The molecule has 0 radical (unpaired) electrons. The molecule has 10 heteroatoms. The highest BCUT2D eigenvalue weighted by molar-refractivity contribution is 5.94. The maximum atomic E-state index is 12.8. The number of H-pyrrole nitrogens is 2. The van der Waals surface area contributed by atoms with E-state index in [2.05, 4.69) is 15.3 Å². The molecule has 2 heterocycles. The average molecular weight is 386 g/mol. The molecule has 3 rings (SSSR count).